The largest absolute Gasteiger partial charge is 0.416 e. The van der Waals surface area contributed by atoms with Crippen LogP contribution in [0.3, 0.4) is 0 Å². The quantitative estimate of drug-likeness (QED) is 0.333. The van der Waals surface area contributed by atoms with Gasteiger partial charge in [0, 0.05) is 13.2 Å². The summed E-state index contributed by atoms with van der Waals surface area (Å²) in [5, 5.41) is 3.19. The highest BCUT2D eigenvalue weighted by Crippen LogP contribution is 2.33. The van der Waals surface area contributed by atoms with E-state index in [2.05, 4.69) is 10.3 Å². The molecule has 0 aliphatic rings. The van der Waals surface area contributed by atoms with Gasteiger partial charge < -0.3 is 10.1 Å². The Morgan fingerprint density at radius 1 is 1.26 bits per heavy atom. The van der Waals surface area contributed by atoms with Crippen LogP contribution >= 0.6 is 23.2 Å². The number of sulfone groups is 1. The Labute approximate surface area is 185 Å². The predicted octanol–water partition coefficient (Wildman–Crippen LogP) is 3.86. The maximum atomic E-state index is 12.7. The normalized spacial score (nSPS) is 12.0. The third kappa shape index (κ3) is 6.43. The fourth-order valence-electron chi connectivity index (χ4n) is 2.25. The van der Waals surface area contributed by atoms with Crippen LogP contribution in [-0.2, 0) is 25.6 Å². The number of hydrogen-bond donors (Lipinski definition) is 1. The van der Waals surface area contributed by atoms with Crippen LogP contribution in [0.5, 0.6) is 0 Å². The van der Waals surface area contributed by atoms with Gasteiger partial charge >= 0.3 is 6.18 Å². The van der Waals surface area contributed by atoms with E-state index in [1.165, 1.54) is 26.4 Å². The van der Waals surface area contributed by atoms with Crippen molar-refractivity contribution < 1.29 is 36.0 Å². The molecule has 2 aromatic rings. The molecule has 170 valence electrons. The molecule has 0 saturated heterocycles. The van der Waals surface area contributed by atoms with E-state index < -0.39 is 50.1 Å². The molecule has 1 heterocycles. The summed E-state index contributed by atoms with van der Waals surface area (Å²) in [4.78, 5) is 20.4. The van der Waals surface area contributed by atoms with Crippen LogP contribution in [0.1, 0.15) is 16.1 Å². The topological polar surface area (TPSA) is 97.8 Å². The third-order valence-electron chi connectivity index (χ3n) is 3.81. The first kappa shape index (κ1) is 25.1. The summed E-state index contributed by atoms with van der Waals surface area (Å²) in [6.45, 7) is -0.392. The second-order valence-electron chi connectivity index (χ2n) is 5.94. The van der Waals surface area contributed by atoms with Crippen molar-refractivity contribution in [2.75, 3.05) is 32.1 Å². The second kappa shape index (κ2) is 10.0. The number of benzene rings is 1. The van der Waals surface area contributed by atoms with Crippen molar-refractivity contribution in [1.29, 1.82) is 0 Å². The van der Waals surface area contributed by atoms with Crippen LogP contribution in [0.25, 0.3) is 0 Å². The molecule has 0 fully saturated rings. The van der Waals surface area contributed by atoms with E-state index in [0.29, 0.717) is 12.1 Å². The van der Waals surface area contributed by atoms with Crippen LogP contribution in [-0.4, -0.2) is 51.2 Å². The first-order chi connectivity index (χ1) is 14.4. The van der Waals surface area contributed by atoms with Gasteiger partial charge in [0.1, 0.15) is 6.73 Å². The number of rotatable bonds is 8. The summed E-state index contributed by atoms with van der Waals surface area (Å²) in [5.41, 5.74) is -0.997. The molecule has 14 heteroatoms. The highest BCUT2D eigenvalue weighted by Gasteiger charge is 2.32. The van der Waals surface area contributed by atoms with E-state index in [1.807, 2.05) is 0 Å². The highest BCUT2D eigenvalue weighted by molar-refractivity contribution is 7.91. The Morgan fingerprint density at radius 2 is 1.94 bits per heavy atom. The molecule has 1 aromatic heterocycles. The lowest BCUT2D eigenvalue weighted by molar-refractivity contribution is -0.137. The fraction of sp³-hybridized carbons (Fsp3) is 0.294. The molecule has 0 radical (unpaired) electrons. The number of aromatic nitrogens is 1. The zero-order valence-corrected chi connectivity index (χ0v) is 18.4. The van der Waals surface area contributed by atoms with Gasteiger partial charge in [0.25, 0.3) is 5.91 Å². The number of anilines is 1. The molecule has 0 aliphatic carbocycles. The molecular weight excluding hydrogens is 486 g/mol. The summed E-state index contributed by atoms with van der Waals surface area (Å²) in [6, 6.07) is 3.26. The number of halogens is 5. The molecule has 0 spiro atoms. The van der Waals surface area contributed by atoms with Gasteiger partial charge in [-0.15, -0.1) is 0 Å². The number of nitrogens with one attached hydrogen (secondary N) is 1. The van der Waals surface area contributed by atoms with Gasteiger partial charge in [-0.05, 0) is 24.3 Å². The van der Waals surface area contributed by atoms with E-state index >= 15 is 0 Å². The monoisotopic (exact) mass is 501 g/mol. The lowest BCUT2D eigenvalue weighted by Crippen LogP contribution is -2.27. The number of pyridine rings is 1. The van der Waals surface area contributed by atoms with E-state index in [-0.39, 0.29) is 16.4 Å². The number of nitrogens with zero attached hydrogens (tertiary/aromatic N) is 2. The summed E-state index contributed by atoms with van der Waals surface area (Å²) in [6.07, 6.45) is -3.43. The van der Waals surface area contributed by atoms with Crippen LogP contribution in [0, 0.1) is 0 Å². The molecule has 1 N–H and O–H groups in total. The SMILES string of the molecule is CON(C)C(=O)c1ncc(Cl)cc1NCOCS(=O)(=O)c1ccc(C(F)(F)F)cc1Cl. The number of amides is 1. The fourth-order valence-corrected chi connectivity index (χ4v) is 4.00. The van der Waals surface area contributed by atoms with Gasteiger partial charge in [-0.2, -0.15) is 13.2 Å². The van der Waals surface area contributed by atoms with Crippen molar-refractivity contribution in [3.8, 4) is 0 Å². The molecule has 2 rings (SSSR count). The second-order valence-corrected chi connectivity index (χ2v) is 8.68. The number of hydrogen-bond acceptors (Lipinski definition) is 7. The van der Waals surface area contributed by atoms with Gasteiger partial charge in [-0.1, -0.05) is 23.2 Å². The van der Waals surface area contributed by atoms with Crippen LogP contribution in [0.15, 0.2) is 35.4 Å². The molecule has 0 aliphatic heterocycles. The minimum absolute atomic E-state index is 0.0639. The molecule has 0 unspecified atom stereocenters. The molecule has 0 bridgehead atoms. The molecule has 1 amide bonds. The number of carbonyl (C=O) groups excluding carboxylic acids is 1. The van der Waals surface area contributed by atoms with Crippen molar-refractivity contribution in [3.63, 3.8) is 0 Å². The highest BCUT2D eigenvalue weighted by atomic mass is 35.5. The maximum Gasteiger partial charge on any atom is 0.416 e. The number of carbonyl (C=O) groups is 1. The van der Waals surface area contributed by atoms with Gasteiger partial charge in [0.2, 0.25) is 9.84 Å². The minimum Gasteiger partial charge on any atom is -0.361 e. The van der Waals surface area contributed by atoms with E-state index in [0.717, 1.165) is 11.1 Å². The van der Waals surface area contributed by atoms with E-state index in [9.17, 15) is 26.4 Å². The molecule has 8 nitrogen and oxygen atoms in total. The summed E-state index contributed by atoms with van der Waals surface area (Å²) < 4.78 is 67.9. The Kier molecular flexibility index (Phi) is 8.11. The van der Waals surface area contributed by atoms with E-state index in [4.69, 9.17) is 32.8 Å². The van der Waals surface area contributed by atoms with Crippen molar-refractivity contribution in [3.05, 3.63) is 51.8 Å². The lowest BCUT2D eigenvalue weighted by atomic mass is 10.2. The minimum atomic E-state index is -4.66. The molecule has 0 atom stereocenters. The third-order valence-corrected chi connectivity index (χ3v) is 5.95. The number of alkyl halides is 3. The first-order valence-corrected chi connectivity index (χ1v) is 10.7. The van der Waals surface area contributed by atoms with Crippen LogP contribution < -0.4 is 5.32 Å². The van der Waals surface area contributed by atoms with Gasteiger partial charge in [-0.3, -0.25) is 9.63 Å². The van der Waals surface area contributed by atoms with Crippen molar-refractivity contribution in [2.24, 2.45) is 0 Å². The first-order valence-electron chi connectivity index (χ1n) is 8.25. The van der Waals surface area contributed by atoms with Crippen LogP contribution in [0.2, 0.25) is 10.0 Å². The molecule has 1 aromatic carbocycles. The Hall–Kier alpha value is -2.12. The average Bonchev–Trinajstić information content (AvgIpc) is 2.69. The van der Waals surface area contributed by atoms with Gasteiger partial charge in [-0.25, -0.2) is 18.5 Å². The summed E-state index contributed by atoms with van der Waals surface area (Å²) in [5.74, 6) is -1.49. The van der Waals surface area contributed by atoms with E-state index in [1.54, 1.807) is 0 Å². The van der Waals surface area contributed by atoms with Gasteiger partial charge in [0.15, 0.2) is 11.6 Å². The number of hydroxylamine groups is 2. The van der Waals surface area contributed by atoms with Crippen LogP contribution in [0.4, 0.5) is 18.9 Å². The molecular formula is C17H16Cl2F3N3O5S. The molecule has 31 heavy (non-hydrogen) atoms. The Bertz CT molecular complexity index is 1070. The molecule has 0 saturated carbocycles. The smallest absolute Gasteiger partial charge is 0.361 e. The summed E-state index contributed by atoms with van der Waals surface area (Å²) in [7, 11) is -1.52. The summed E-state index contributed by atoms with van der Waals surface area (Å²) >= 11 is 11.6. The van der Waals surface area contributed by atoms with Crippen molar-refractivity contribution in [2.45, 2.75) is 11.1 Å². The zero-order valence-electron chi connectivity index (χ0n) is 16.0. The lowest BCUT2D eigenvalue weighted by Gasteiger charge is -2.16. The van der Waals surface area contributed by atoms with Crippen molar-refractivity contribution >= 4 is 44.6 Å². The predicted molar refractivity (Wildman–Crippen MR) is 106 cm³/mol. The standard InChI is InChI=1S/C17H16Cl2F3N3O5S/c1-25(29-2)16(26)15-13(6-11(18)7-23-15)24-8-30-9-31(27,28)14-4-3-10(5-12(14)19)17(20,21)22/h3-7,24H,8-9H2,1-2H3. The maximum absolute atomic E-state index is 12.7. The zero-order chi connectivity index (χ0) is 23.4. The van der Waals surface area contributed by atoms with Gasteiger partial charge in [0.05, 0.1) is 33.3 Å². The number of ether oxygens (including phenoxy) is 1. The Morgan fingerprint density at radius 3 is 2.52 bits per heavy atom. The Balaban J connectivity index is 2.08. The van der Waals surface area contributed by atoms with Crippen molar-refractivity contribution in [1.82, 2.24) is 10.0 Å². The average molecular weight is 502 g/mol.